The molecule has 0 fully saturated rings. The van der Waals surface area contributed by atoms with Gasteiger partial charge in [0.2, 0.25) is 0 Å². The molecule has 1 N–H and O–H groups in total. The topological polar surface area (TPSA) is 20.2 Å². The van der Waals surface area contributed by atoms with Crippen LogP contribution < -0.4 is 0 Å². The highest BCUT2D eigenvalue weighted by atomic mass is 16.3. The number of rotatable bonds is 1. The van der Waals surface area contributed by atoms with E-state index >= 15 is 0 Å². The van der Waals surface area contributed by atoms with Crippen molar-refractivity contribution < 1.29 is 5.11 Å². The van der Waals surface area contributed by atoms with Gasteiger partial charge in [-0.2, -0.15) is 0 Å². The summed E-state index contributed by atoms with van der Waals surface area (Å²) in [6.45, 7) is 2.06. The summed E-state index contributed by atoms with van der Waals surface area (Å²) in [6, 6.07) is 16.0. The van der Waals surface area contributed by atoms with Gasteiger partial charge in [0.25, 0.3) is 0 Å². The molecule has 0 bridgehead atoms. The molecular formula is C17H17O. The number of aliphatic hydroxyl groups excluding tert-OH is 1. The summed E-state index contributed by atoms with van der Waals surface area (Å²) in [5.74, 6) is 0.558. The Morgan fingerprint density at radius 1 is 1.11 bits per heavy atom. The first-order valence-electron chi connectivity index (χ1n) is 6.51. The fourth-order valence-corrected chi connectivity index (χ4v) is 2.57. The smallest absolute Gasteiger partial charge is 0.0609 e. The van der Waals surface area contributed by atoms with E-state index in [2.05, 4.69) is 49.4 Å². The van der Waals surface area contributed by atoms with Gasteiger partial charge in [0.1, 0.15) is 0 Å². The van der Waals surface area contributed by atoms with Crippen LogP contribution in [0.25, 0.3) is 10.8 Å². The van der Waals surface area contributed by atoms with E-state index in [1.165, 1.54) is 10.9 Å². The molecule has 1 aliphatic carbocycles. The van der Waals surface area contributed by atoms with Crippen LogP contribution in [0, 0.1) is 12.0 Å². The van der Waals surface area contributed by atoms with E-state index in [4.69, 9.17) is 0 Å². The molecule has 18 heavy (non-hydrogen) atoms. The molecule has 1 heteroatoms. The van der Waals surface area contributed by atoms with E-state index in [0.29, 0.717) is 5.92 Å². The summed E-state index contributed by atoms with van der Waals surface area (Å²) >= 11 is 0. The van der Waals surface area contributed by atoms with Crippen LogP contribution in [-0.4, -0.2) is 11.2 Å². The number of hydrogen-bond acceptors (Lipinski definition) is 1. The number of fused-ring (bicyclic) bond motifs is 1. The average molecular weight is 237 g/mol. The maximum Gasteiger partial charge on any atom is 0.0609 e. The largest absolute Gasteiger partial charge is 0.392 e. The van der Waals surface area contributed by atoms with Gasteiger partial charge in [-0.15, -0.1) is 0 Å². The SMILES string of the molecule is CC1C=CC(c2[c]c3ccccc3cc2)CC1O. The molecule has 0 saturated heterocycles. The lowest BCUT2D eigenvalue weighted by molar-refractivity contribution is 0.118. The summed E-state index contributed by atoms with van der Waals surface area (Å²) < 4.78 is 0. The Kier molecular flexibility index (Phi) is 2.92. The molecule has 3 atom stereocenters. The third-order valence-corrected chi connectivity index (χ3v) is 3.83. The first-order valence-corrected chi connectivity index (χ1v) is 6.51. The average Bonchev–Trinajstić information content (AvgIpc) is 2.41. The Bertz CT molecular complexity index is 585. The van der Waals surface area contributed by atoms with Gasteiger partial charge >= 0.3 is 0 Å². The predicted molar refractivity (Wildman–Crippen MR) is 74.5 cm³/mol. The van der Waals surface area contributed by atoms with Crippen LogP contribution in [0.4, 0.5) is 0 Å². The van der Waals surface area contributed by atoms with Crippen LogP contribution in [-0.2, 0) is 0 Å². The highest BCUT2D eigenvalue weighted by Gasteiger charge is 2.22. The lowest BCUT2D eigenvalue weighted by Crippen LogP contribution is -2.22. The van der Waals surface area contributed by atoms with Crippen molar-refractivity contribution in [2.24, 2.45) is 5.92 Å². The lowest BCUT2D eigenvalue weighted by atomic mass is 9.83. The summed E-state index contributed by atoms with van der Waals surface area (Å²) in [5.41, 5.74) is 1.18. The molecule has 0 spiro atoms. The van der Waals surface area contributed by atoms with Crippen molar-refractivity contribution in [1.82, 2.24) is 0 Å². The summed E-state index contributed by atoms with van der Waals surface area (Å²) in [5, 5.41) is 12.3. The van der Waals surface area contributed by atoms with Gasteiger partial charge in [-0.3, -0.25) is 0 Å². The fraction of sp³-hybridized carbons (Fsp3) is 0.294. The number of hydrogen-bond donors (Lipinski definition) is 1. The molecule has 1 radical (unpaired) electrons. The van der Waals surface area contributed by atoms with Crippen LogP contribution in [0.3, 0.4) is 0 Å². The Balaban J connectivity index is 1.97. The zero-order chi connectivity index (χ0) is 12.5. The molecule has 0 aliphatic heterocycles. The van der Waals surface area contributed by atoms with Crippen LogP contribution in [0.15, 0.2) is 48.6 Å². The summed E-state index contributed by atoms with van der Waals surface area (Å²) in [7, 11) is 0. The summed E-state index contributed by atoms with van der Waals surface area (Å²) in [4.78, 5) is 0. The molecule has 0 aromatic heterocycles. The normalized spacial score (nSPS) is 27.6. The van der Waals surface area contributed by atoms with Crippen LogP contribution >= 0.6 is 0 Å². The Morgan fingerprint density at radius 2 is 1.94 bits per heavy atom. The van der Waals surface area contributed by atoms with Crippen molar-refractivity contribution in [2.75, 3.05) is 0 Å². The first kappa shape index (κ1) is 11.5. The second-order valence-electron chi connectivity index (χ2n) is 5.15. The molecule has 3 rings (SSSR count). The molecule has 0 saturated carbocycles. The van der Waals surface area contributed by atoms with E-state index in [-0.39, 0.29) is 12.0 Å². The van der Waals surface area contributed by atoms with Gasteiger partial charge < -0.3 is 5.11 Å². The van der Waals surface area contributed by atoms with Gasteiger partial charge in [0.05, 0.1) is 6.10 Å². The standard InChI is InChI=1S/C17H17O/c1-12-6-7-16(11-17(12)18)15-9-8-13-4-2-3-5-14(13)10-15/h2-9,12,16-18H,11H2,1H3. The Hall–Kier alpha value is -1.60. The quantitative estimate of drug-likeness (QED) is 0.750. The predicted octanol–water partition coefficient (Wildman–Crippen LogP) is 3.68. The number of aliphatic hydroxyl groups is 1. The Morgan fingerprint density at radius 3 is 2.78 bits per heavy atom. The van der Waals surface area contributed by atoms with Crippen molar-refractivity contribution in [3.63, 3.8) is 0 Å². The van der Waals surface area contributed by atoms with Crippen molar-refractivity contribution in [3.05, 3.63) is 60.2 Å². The van der Waals surface area contributed by atoms with Crippen molar-refractivity contribution in [1.29, 1.82) is 0 Å². The highest BCUT2D eigenvalue weighted by Crippen LogP contribution is 2.31. The molecule has 0 heterocycles. The molecular weight excluding hydrogens is 220 g/mol. The van der Waals surface area contributed by atoms with E-state index in [1.54, 1.807) is 0 Å². The fourth-order valence-electron chi connectivity index (χ4n) is 2.57. The van der Waals surface area contributed by atoms with E-state index in [1.807, 2.05) is 12.1 Å². The maximum atomic E-state index is 9.96. The zero-order valence-corrected chi connectivity index (χ0v) is 10.5. The van der Waals surface area contributed by atoms with Crippen LogP contribution in [0.1, 0.15) is 24.8 Å². The van der Waals surface area contributed by atoms with Crippen molar-refractivity contribution >= 4 is 10.8 Å². The van der Waals surface area contributed by atoms with Gasteiger partial charge in [0.15, 0.2) is 0 Å². The van der Waals surface area contributed by atoms with Gasteiger partial charge in [-0.1, -0.05) is 55.5 Å². The van der Waals surface area contributed by atoms with Gasteiger partial charge in [-0.05, 0) is 34.7 Å². The van der Waals surface area contributed by atoms with Gasteiger partial charge in [-0.25, -0.2) is 0 Å². The summed E-state index contributed by atoms with van der Waals surface area (Å²) in [6.07, 6.45) is 4.88. The zero-order valence-electron chi connectivity index (χ0n) is 10.5. The molecule has 3 unspecified atom stereocenters. The Labute approximate surface area is 108 Å². The molecule has 1 nitrogen and oxygen atoms in total. The number of benzene rings is 2. The molecule has 0 amide bonds. The van der Waals surface area contributed by atoms with Crippen molar-refractivity contribution in [3.8, 4) is 0 Å². The minimum absolute atomic E-state index is 0.236. The van der Waals surface area contributed by atoms with Crippen LogP contribution in [0.5, 0.6) is 0 Å². The second kappa shape index (κ2) is 4.58. The van der Waals surface area contributed by atoms with E-state index in [9.17, 15) is 5.11 Å². The molecule has 1 aliphatic rings. The molecule has 91 valence electrons. The minimum Gasteiger partial charge on any atom is -0.392 e. The third kappa shape index (κ3) is 2.06. The second-order valence-corrected chi connectivity index (χ2v) is 5.15. The van der Waals surface area contributed by atoms with Crippen LogP contribution in [0.2, 0.25) is 0 Å². The first-order chi connectivity index (χ1) is 8.74. The van der Waals surface area contributed by atoms with E-state index < -0.39 is 0 Å². The molecule has 2 aromatic carbocycles. The van der Waals surface area contributed by atoms with E-state index in [0.717, 1.165) is 11.8 Å². The number of allylic oxidation sites excluding steroid dienone is 1. The monoisotopic (exact) mass is 237 g/mol. The molecule has 2 aromatic rings. The maximum absolute atomic E-state index is 9.96. The highest BCUT2D eigenvalue weighted by molar-refractivity contribution is 5.82. The minimum atomic E-state index is -0.236. The van der Waals surface area contributed by atoms with Crippen molar-refractivity contribution in [2.45, 2.75) is 25.4 Å². The lowest BCUT2D eigenvalue weighted by Gasteiger charge is -2.26. The third-order valence-electron chi connectivity index (χ3n) is 3.83. The van der Waals surface area contributed by atoms with Gasteiger partial charge in [0, 0.05) is 5.92 Å².